The van der Waals surface area contributed by atoms with Gasteiger partial charge >= 0.3 is 0 Å². The third-order valence-corrected chi connectivity index (χ3v) is 4.42. The number of benzene rings is 1. The minimum absolute atomic E-state index is 0.123. The van der Waals surface area contributed by atoms with Crippen molar-refractivity contribution in [1.29, 1.82) is 0 Å². The van der Waals surface area contributed by atoms with Gasteiger partial charge in [-0.05, 0) is 26.3 Å². The Morgan fingerprint density at radius 2 is 2.15 bits per heavy atom. The molecule has 1 aromatic carbocycles. The molecule has 0 saturated carbocycles. The molecule has 2 aromatic heterocycles. The van der Waals surface area contributed by atoms with E-state index in [-0.39, 0.29) is 17.9 Å². The second kappa shape index (κ2) is 6.53. The van der Waals surface area contributed by atoms with Gasteiger partial charge in [0, 0.05) is 36.7 Å². The maximum Gasteiger partial charge on any atom is 0.167 e. The predicted molar refractivity (Wildman–Crippen MR) is 97.6 cm³/mol. The van der Waals surface area contributed by atoms with Crippen molar-refractivity contribution in [3.05, 3.63) is 30.3 Å². The average molecular weight is 356 g/mol. The molecule has 8 heteroatoms. The summed E-state index contributed by atoms with van der Waals surface area (Å²) in [5.74, 6) is 0.602. The third kappa shape index (κ3) is 3.08. The maximum atomic E-state index is 14.2. The quantitative estimate of drug-likeness (QED) is 0.746. The second-order valence-electron chi connectivity index (χ2n) is 6.82. The summed E-state index contributed by atoms with van der Waals surface area (Å²) in [5, 5.41) is 7.95. The average Bonchev–Trinajstić information content (AvgIpc) is 3.21. The predicted octanol–water partition coefficient (Wildman–Crippen LogP) is 2.48. The molecular formula is C18H21FN6O. The maximum absolute atomic E-state index is 14.2. The molecule has 3 heterocycles. The number of rotatable bonds is 4. The molecule has 3 aromatic rings. The highest BCUT2D eigenvalue weighted by Gasteiger charge is 2.22. The van der Waals surface area contributed by atoms with E-state index in [1.54, 1.807) is 6.07 Å². The summed E-state index contributed by atoms with van der Waals surface area (Å²) in [6, 6.07) is 5.11. The lowest BCUT2D eigenvalue weighted by molar-refractivity contribution is 0.231. The largest absolute Gasteiger partial charge is 0.488 e. The van der Waals surface area contributed by atoms with Gasteiger partial charge in [0.2, 0.25) is 0 Å². The summed E-state index contributed by atoms with van der Waals surface area (Å²) in [5.41, 5.74) is 7.89. The molecule has 1 atom stereocenters. The zero-order valence-electron chi connectivity index (χ0n) is 14.7. The number of hydrogen-bond donors (Lipinski definition) is 2. The van der Waals surface area contributed by atoms with Crippen LogP contribution in [0.25, 0.3) is 22.3 Å². The van der Waals surface area contributed by atoms with Crippen LogP contribution in [0.5, 0.6) is 5.75 Å². The van der Waals surface area contributed by atoms with Crippen LogP contribution in [0.3, 0.4) is 0 Å². The number of nitrogens with two attached hydrogens (primary N) is 1. The number of ether oxygens (including phenoxy) is 1. The molecule has 0 aliphatic carbocycles. The molecular weight excluding hydrogens is 335 g/mol. The molecule has 0 spiro atoms. The van der Waals surface area contributed by atoms with Crippen LogP contribution in [-0.2, 0) is 0 Å². The number of aromatic amines is 1. The van der Waals surface area contributed by atoms with Crippen molar-refractivity contribution in [2.45, 2.75) is 32.4 Å². The number of nitrogens with one attached hydrogen (secondary N) is 1. The lowest BCUT2D eigenvalue weighted by Crippen LogP contribution is -2.26. The Labute approximate surface area is 150 Å². The van der Waals surface area contributed by atoms with Crippen LogP contribution in [0.1, 0.15) is 20.3 Å². The Balaban J connectivity index is 1.74. The van der Waals surface area contributed by atoms with Crippen LogP contribution in [0.15, 0.2) is 24.5 Å². The lowest BCUT2D eigenvalue weighted by Gasteiger charge is -2.16. The topological polar surface area (TPSA) is 93.0 Å². The standard InChI is InChI=1S/C18H21FN6O/c1-10(2)26-16-5-12-14(6-13(16)19)23-24-18(12)15-7-17(22-9-21-15)25-4-3-11(20)8-25/h5-7,9-11H,3-4,8,20H2,1-2H3,(H,23,24). The molecule has 3 N–H and O–H groups in total. The summed E-state index contributed by atoms with van der Waals surface area (Å²) < 4.78 is 19.7. The molecule has 0 radical (unpaired) electrons. The van der Waals surface area contributed by atoms with E-state index in [2.05, 4.69) is 25.1 Å². The molecule has 1 aliphatic rings. The fourth-order valence-electron chi connectivity index (χ4n) is 3.20. The first-order valence-corrected chi connectivity index (χ1v) is 8.68. The van der Waals surface area contributed by atoms with E-state index in [9.17, 15) is 4.39 Å². The SMILES string of the molecule is CC(C)Oc1cc2c(-c3cc(N4CCC(N)C4)ncn3)n[nH]c2cc1F. The fourth-order valence-corrected chi connectivity index (χ4v) is 3.20. The van der Waals surface area contributed by atoms with Crippen LogP contribution in [0.2, 0.25) is 0 Å². The first-order valence-electron chi connectivity index (χ1n) is 8.68. The monoisotopic (exact) mass is 356 g/mol. The third-order valence-electron chi connectivity index (χ3n) is 4.42. The summed E-state index contributed by atoms with van der Waals surface area (Å²) in [6.07, 6.45) is 2.34. The minimum Gasteiger partial charge on any atom is -0.488 e. The number of nitrogens with zero attached hydrogens (tertiary/aromatic N) is 4. The summed E-state index contributed by atoms with van der Waals surface area (Å²) >= 11 is 0. The Bertz CT molecular complexity index is 941. The van der Waals surface area contributed by atoms with Gasteiger partial charge in [-0.3, -0.25) is 5.10 Å². The zero-order chi connectivity index (χ0) is 18.3. The van der Waals surface area contributed by atoms with Gasteiger partial charge < -0.3 is 15.4 Å². The van der Waals surface area contributed by atoms with Crippen molar-refractivity contribution in [2.24, 2.45) is 5.73 Å². The van der Waals surface area contributed by atoms with E-state index >= 15 is 0 Å². The smallest absolute Gasteiger partial charge is 0.167 e. The van der Waals surface area contributed by atoms with Gasteiger partial charge in [0.15, 0.2) is 11.6 Å². The van der Waals surface area contributed by atoms with Gasteiger partial charge in [0.25, 0.3) is 0 Å². The Kier molecular flexibility index (Phi) is 4.20. The molecule has 1 saturated heterocycles. The summed E-state index contributed by atoms with van der Waals surface area (Å²) in [6.45, 7) is 5.36. The van der Waals surface area contributed by atoms with Crippen LogP contribution < -0.4 is 15.4 Å². The van der Waals surface area contributed by atoms with E-state index in [0.29, 0.717) is 16.9 Å². The second-order valence-corrected chi connectivity index (χ2v) is 6.82. The van der Waals surface area contributed by atoms with E-state index in [1.807, 2.05) is 19.9 Å². The van der Waals surface area contributed by atoms with Crippen LogP contribution in [0, 0.1) is 5.82 Å². The number of hydrogen-bond acceptors (Lipinski definition) is 6. The number of halogens is 1. The van der Waals surface area contributed by atoms with Gasteiger partial charge in [0.05, 0.1) is 17.3 Å². The van der Waals surface area contributed by atoms with Gasteiger partial charge in [-0.2, -0.15) is 5.10 Å². The van der Waals surface area contributed by atoms with Crippen molar-refractivity contribution in [3.8, 4) is 17.1 Å². The van der Waals surface area contributed by atoms with E-state index < -0.39 is 5.82 Å². The summed E-state index contributed by atoms with van der Waals surface area (Å²) in [7, 11) is 0. The Hall–Kier alpha value is -2.74. The normalized spacial score (nSPS) is 17.4. The molecule has 7 nitrogen and oxygen atoms in total. The molecule has 1 aliphatic heterocycles. The number of aromatic nitrogens is 4. The molecule has 4 rings (SSSR count). The van der Waals surface area contributed by atoms with Crippen molar-refractivity contribution < 1.29 is 9.13 Å². The Morgan fingerprint density at radius 3 is 2.88 bits per heavy atom. The number of fused-ring (bicyclic) bond motifs is 1. The van der Waals surface area contributed by atoms with Crippen molar-refractivity contribution in [3.63, 3.8) is 0 Å². The molecule has 1 unspecified atom stereocenters. The van der Waals surface area contributed by atoms with Gasteiger partial charge in [-0.15, -0.1) is 0 Å². The molecule has 0 amide bonds. The van der Waals surface area contributed by atoms with Crippen molar-refractivity contribution in [1.82, 2.24) is 20.2 Å². The van der Waals surface area contributed by atoms with Crippen LogP contribution >= 0.6 is 0 Å². The summed E-state index contributed by atoms with van der Waals surface area (Å²) in [4.78, 5) is 10.8. The first kappa shape index (κ1) is 16.7. The van der Waals surface area contributed by atoms with E-state index in [0.717, 1.165) is 30.7 Å². The van der Waals surface area contributed by atoms with Crippen LogP contribution in [-0.4, -0.2) is 45.4 Å². The minimum atomic E-state index is -0.421. The number of anilines is 1. The molecule has 136 valence electrons. The lowest BCUT2D eigenvalue weighted by atomic mass is 10.1. The van der Waals surface area contributed by atoms with Gasteiger partial charge in [-0.1, -0.05) is 0 Å². The van der Waals surface area contributed by atoms with E-state index in [4.69, 9.17) is 10.5 Å². The first-order chi connectivity index (χ1) is 12.5. The number of H-pyrrole nitrogens is 1. The highest BCUT2D eigenvalue weighted by molar-refractivity contribution is 5.93. The fraction of sp³-hybridized carbons (Fsp3) is 0.389. The van der Waals surface area contributed by atoms with E-state index in [1.165, 1.54) is 12.4 Å². The highest BCUT2D eigenvalue weighted by atomic mass is 19.1. The Morgan fingerprint density at radius 1 is 1.31 bits per heavy atom. The van der Waals surface area contributed by atoms with Gasteiger partial charge in [-0.25, -0.2) is 14.4 Å². The zero-order valence-corrected chi connectivity index (χ0v) is 14.7. The van der Waals surface area contributed by atoms with Crippen LogP contribution in [0.4, 0.5) is 10.2 Å². The molecule has 26 heavy (non-hydrogen) atoms. The highest BCUT2D eigenvalue weighted by Crippen LogP contribution is 2.32. The van der Waals surface area contributed by atoms with Crippen molar-refractivity contribution in [2.75, 3.05) is 18.0 Å². The van der Waals surface area contributed by atoms with Crippen molar-refractivity contribution >= 4 is 16.7 Å². The van der Waals surface area contributed by atoms with Gasteiger partial charge in [0.1, 0.15) is 17.8 Å². The molecule has 1 fully saturated rings. The molecule has 0 bridgehead atoms.